The molecule has 0 radical (unpaired) electrons. The van der Waals surface area contributed by atoms with E-state index >= 15 is 0 Å². The number of hydrogen-bond acceptors (Lipinski definition) is 4. The molecule has 0 heterocycles. The number of ether oxygens (including phenoxy) is 1. The van der Waals surface area contributed by atoms with Crippen molar-refractivity contribution in [3.63, 3.8) is 0 Å². The third kappa shape index (κ3) is 2.51. The van der Waals surface area contributed by atoms with E-state index in [1.807, 2.05) is 0 Å². The molecule has 0 fully saturated rings. The summed E-state index contributed by atoms with van der Waals surface area (Å²) < 4.78 is 33.7. The topological polar surface area (TPSA) is 72.6 Å². The number of methoxy groups -OCH3 is 1. The Bertz CT molecular complexity index is 472. The van der Waals surface area contributed by atoms with Crippen LogP contribution in [0.25, 0.3) is 0 Å². The Hall–Kier alpha value is -1.46. The van der Waals surface area contributed by atoms with Gasteiger partial charge in [-0.2, -0.15) is 0 Å². The van der Waals surface area contributed by atoms with Crippen LogP contribution >= 0.6 is 0 Å². The lowest BCUT2D eigenvalue weighted by Gasteiger charge is -2.02. The number of benzene rings is 1. The molecule has 1 N–H and O–H groups in total. The van der Waals surface area contributed by atoms with Gasteiger partial charge in [-0.05, 0) is 11.1 Å². The number of nitro benzene ring substituents is 1. The summed E-state index contributed by atoms with van der Waals surface area (Å²) in [5, 5.41) is 19.9. The molecular weight excluding hydrogens is 186 g/mol. The van der Waals surface area contributed by atoms with Gasteiger partial charge in [0, 0.05) is 19.2 Å². The van der Waals surface area contributed by atoms with Crippen molar-refractivity contribution in [1.82, 2.24) is 0 Å². The molecular formula is C9H11NO4. The SMILES string of the molecule is [2H]C([2H])(O)c1cc([N+](=O)[O-])cc(C([2H])([2H])OC)c1. The maximum Gasteiger partial charge on any atom is 0.270 e. The maximum atomic E-state index is 10.7. The van der Waals surface area contributed by atoms with Gasteiger partial charge in [-0.3, -0.25) is 10.1 Å². The lowest BCUT2D eigenvalue weighted by molar-refractivity contribution is -0.385. The van der Waals surface area contributed by atoms with E-state index in [1.54, 1.807) is 0 Å². The van der Waals surface area contributed by atoms with Gasteiger partial charge < -0.3 is 9.84 Å². The summed E-state index contributed by atoms with van der Waals surface area (Å²) in [6.45, 7) is -5.11. The average Bonchev–Trinajstić information content (AvgIpc) is 2.27. The Kier molecular flexibility index (Phi) is 2.04. The van der Waals surface area contributed by atoms with E-state index in [9.17, 15) is 15.2 Å². The van der Waals surface area contributed by atoms with Gasteiger partial charge in [0.1, 0.15) is 0 Å². The zero-order chi connectivity index (χ0) is 14.1. The molecule has 0 atom stereocenters. The van der Waals surface area contributed by atoms with Crippen LogP contribution in [0.3, 0.4) is 0 Å². The molecule has 5 heteroatoms. The first kappa shape index (κ1) is 6.10. The van der Waals surface area contributed by atoms with Gasteiger partial charge in [0.2, 0.25) is 0 Å². The minimum atomic E-state index is -2.80. The Labute approximate surface area is 86.7 Å². The Balaban J connectivity index is 3.46. The standard InChI is InChI=1S/C9H11NO4/c1-14-6-8-2-7(5-11)3-9(4-8)10(12)13/h2-4,11H,5-6H2,1H3/i5D2,6D2. The highest BCUT2D eigenvalue weighted by molar-refractivity contribution is 5.38. The van der Waals surface area contributed by atoms with Crippen molar-refractivity contribution in [2.75, 3.05) is 7.11 Å². The molecule has 5 nitrogen and oxygen atoms in total. The first-order valence-corrected chi connectivity index (χ1v) is 3.66. The zero-order valence-electron chi connectivity index (χ0n) is 11.4. The second-order valence-corrected chi connectivity index (χ2v) is 2.44. The summed E-state index contributed by atoms with van der Waals surface area (Å²) in [6.07, 6.45) is 0. The van der Waals surface area contributed by atoms with Crippen molar-refractivity contribution in [1.29, 1.82) is 0 Å². The molecule has 76 valence electrons. The molecule has 0 amide bonds. The van der Waals surface area contributed by atoms with E-state index < -0.39 is 29.3 Å². The molecule has 0 aliphatic rings. The Morgan fingerprint density at radius 3 is 2.71 bits per heavy atom. The van der Waals surface area contributed by atoms with Crippen LogP contribution in [0.5, 0.6) is 0 Å². The van der Waals surface area contributed by atoms with Crippen molar-refractivity contribution < 1.29 is 20.2 Å². The molecule has 0 aliphatic heterocycles. The molecule has 0 bridgehead atoms. The largest absolute Gasteiger partial charge is 0.392 e. The van der Waals surface area contributed by atoms with E-state index in [1.165, 1.54) is 0 Å². The zero-order valence-corrected chi connectivity index (χ0v) is 7.35. The van der Waals surface area contributed by atoms with Crippen LogP contribution in [-0.4, -0.2) is 17.1 Å². The van der Waals surface area contributed by atoms with Crippen LogP contribution < -0.4 is 0 Å². The third-order valence-corrected chi connectivity index (χ3v) is 1.48. The first-order valence-electron chi connectivity index (χ1n) is 5.66. The lowest BCUT2D eigenvalue weighted by atomic mass is 10.1. The molecule has 0 spiro atoms. The average molecular weight is 201 g/mol. The van der Waals surface area contributed by atoms with Crippen LogP contribution in [0.15, 0.2) is 18.2 Å². The molecule has 1 aromatic carbocycles. The minimum absolute atomic E-state index is 0.243. The van der Waals surface area contributed by atoms with Crippen LogP contribution in [0, 0.1) is 10.1 Å². The highest BCUT2D eigenvalue weighted by Crippen LogP contribution is 2.17. The highest BCUT2D eigenvalue weighted by Gasteiger charge is 2.08. The molecule has 0 aliphatic carbocycles. The van der Waals surface area contributed by atoms with Crippen LogP contribution in [0.1, 0.15) is 16.6 Å². The summed E-state index contributed by atoms with van der Waals surface area (Å²) in [5.41, 5.74) is -1.18. The first-order chi connectivity index (χ1) is 8.08. The van der Waals surface area contributed by atoms with Gasteiger partial charge in [0.05, 0.1) is 23.5 Å². The van der Waals surface area contributed by atoms with Gasteiger partial charge in [-0.1, -0.05) is 6.07 Å². The van der Waals surface area contributed by atoms with Gasteiger partial charge in [0.25, 0.3) is 5.69 Å². The predicted octanol–water partition coefficient (Wildman–Crippen LogP) is 1.23. The van der Waals surface area contributed by atoms with Crippen LogP contribution in [0.4, 0.5) is 5.69 Å². The van der Waals surface area contributed by atoms with Crippen molar-refractivity contribution >= 4 is 5.69 Å². The van der Waals surface area contributed by atoms with E-state index in [4.69, 9.17) is 5.48 Å². The minimum Gasteiger partial charge on any atom is -0.392 e. The molecule has 0 saturated carbocycles. The summed E-state index contributed by atoms with van der Waals surface area (Å²) >= 11 is 0. The second-order valence-electron chi connectivity index (χ2n) is 2.44. The van der Waals surface area contributed by atoms with Gasteiger partial charge in [-0.25, -0.2) is 0 Å². The van der Waals surface area contributed by atoms with E-state index in [0.717, 1.165) is 25.3 Å². The Morgan fingerprint density at radius 1 is 1.57 bits per heavy atom. The number of hydrogen-bond donors (Lipinski definition) is 1. The van der Waals surface area contributed by atoms with Crippen molar-refractivity contribution in [3.8, 4) is 0 Å². The van der Waals surface area contributed by atoms with Crippen molar-refractivity contribution in [3.05, 3.63) is 39.4 Å². The van der Waals surface area contributed by atoms with Crippen molar-refractivity contribution in [2.24, 2.45) is 0 Å². The summed E-state index contributed by atoms with van der Waals surface area (Å²) in [5.74, 6) is 0. The van der Waals surface area contributed by atoms with E-state index in [0.29, 0.717) is 0 Å². The summed E-state index contributed by atoms with van der Waals surface area (Å²) in [7, 11) is 1.08. The van der Waals surface area contributed by atoms with E-state index in [-0.39, 0.29) is 5.56 Å². The molecule has 14 heavy (non-hydrogen) atoms. The smallest absolute Gasteiger partial charge is 0.270 e. The highest BCUT2D eigenvalue weighted by atomic mass is 16.6. The van der Waals surface area contributed by atoms with Crippen molar-refractivity contribution in [2.45, 2.75) is 13.1 Å². The molecule has 0 saturated heterocycles. The summed E-state index contributed by atoms with van der Waals surface area (Å²) in [4.78, 5) is 9.88. The van der Waals surface area contributed by atoms with Crippen LogP contribution in [0.2, 0.25) is 0 Å². The predicted molar refractivity (Wildman–Crippen MR) is 49.7 cm³/mol. The molecule has 0 unspecified atom stereocenters. The fourth-order valence-electron chi connectivity index (χ4n) is 0.958. The van der Waals surface area contributed by atoms with Crippen LogP contribution in [-0.2, 0) is 17.9 Å². The maximum absolute atomic E-state index is 10.7. The monoisotopic (exact) mass is 201 g/mol. The number of nitro groups is 1. The molecule has 1 rings (SSSR count). The number of aliphatic hydroxyl groups is 1. The lowest BCUT2D eigenvalue weighted by Crippen LogP contribution is -1.95. The second kappa shape index (κ2) is 4.69. The number of nitrogens with zero attached hydrogens (tertiary/aromatic N) is 1. The van der Waals surface area contributed by atoms with E-state index in [2.05, 4.69) is 4.74 Å². The summed E-state index contributed by atoms with van der Waals surface area (Å²) in [6, 6.07) is 2.75. The number of non-ortho nitro benzene ring substituents is 1. The molecule has 1 aromatic rings. The fourth-order valence-corrected chi connectivity index (χ4v) is 0.958. The number of rotatable bonds is 4. The van der Waals surface area contributed by atoms with Gasteiger partial charge in [-0.15, -0.1) is 0 Å². The molecule has 0 aromatic heterocycles. The normalized spacial score (nSPS) is 16.4. The third-order valence-electron chi connectivity index (χ3n) is 1.48. The fraction of sp³-hybridized carbons (Fsp3) is 0.333. The quantitative estimate of drug-likeness (QED) is 0.587. The Morgan fingerprint density at radius 2 is 2.21 bits per heavy atom. The van der Waals surface area contributed by atoms with Gasteiger partial charge in [0.15, 0.2) is 0 Å². The van der Waals surface area contributed by atoms with Gasteiger partial charge >= 0.3 is 0 Å².